The maximum absolute atomic E-state index is 5.32. The molecule has 0 radical (unpaired) electrons. The van der Waals surface area contributed by atoms with E-state index in [1.54, 1.807) is 0 Å². The molecule has 0 bridgehead atoms. The fourth-order valence-electron chi connectivity index (χ4n) is 2.35. The first-order valence-corrected chi connectivity index (χ1v) is 7.19. The Hall–Kier alpha value is -1.16. The highest BCUT2D eigenvalue weighted by molar-refractivity contribution is 7.80. The van der Waals surface area contributed by atoms with Crippen molar-refractivity contribution in [3.63, 3.8) is 0 Å². The molecule has 1 aromatic rings. The average Bonchev–Trinajstić information content (AvgIpc) is 2.41. The number of pyridine rings is 1. The molecule has 2 rings (SSSR count). The van der Waals surface area contributed by atoms with Crippen LogP contribution in [0.15, 0.2) is 24.5 Å². The Bertz CT molecular complexity index is 361. The van der Waals surface area contributed by atoms with E-state index in [4.69, 9.17) is 12.2 Å². The summed E-state index contributed by atoms with van der Waals surface area (Å²) in [5, 5.41) is 7.49. The molecule has 0 amide bonds. The smallest absolute Gasteiger partial charge is 0.166 e. The molecule has 18 heavy (non-hydrogen) atoms. The quantitative estimate of drug-likeness (QED) is 0.818. The van der Waals surface area contributed by atoms with Crippen LogP contribution in [-0.4, -0.2) is 22.7 Å². The molecule has 1 heterocycles. The third-order valence-corrected chi connectivity index (χ3v) is 3.65. The third kappa shape index (κ3) is 4.61. The molecule has 0 atom stereocenters. The van der Waals surface area contributed by atoms with Crippen molar-refractivity contribution in [1.29, 1.82) is 0 Å². The number of rotatable bonds is 4. The number of hydrogen-bond donors (Lipinski definition) is 2. The zero-order valence-corrected chi connectivity index (χ0v) is 11.5. The van der Waals surface area contributed by atoms with Crippen molar-refractivity contribution in [2.45, 2.75) is 44.6 Å². The molecule has 1 aliphatic rings. The molecule has 0 saturated heterocycles. The highest BCUT2D eigenvalue weighted by Crippen LogP contribution is 2.17. The van der Waals surface area contributed by atoms with E-state index >= 15 is 0 Å². The van der Waals surface area contributed by atoms with Gasteiger partial charge in [-0.25, -0.2) is 0 Å². The van der Waals surface area contributed by atoms with E-state index < -0.39 is 0 Å². The SMILES string of the molecule is S=C(NCCc1ccncc1)NC1CCCCC1. The van der Waals surface area contributed by atoms with Gasteiger partial charge in [0.15, 0.2) is 5.11 Å². The summed E-state index contributed by atoms with van der Waals surface area (Å²) >= 11 is 5.32. The van der Waals surface area contributed by atoms with Crippen LogP contribution in [0.3, 0.4) is 0 Å². The molecule has 0 aliphatic heterocycles. The predicted molar refractivity (Wildman–Crippen MR) is 78.6 cm³/mol. The van der Waals surface area contributed by atoms with E-state index in [1.165, 1.54) is 37.7 Å². The lowest BCUT2D eigenvalue weighted by molar-refractivity contribution is 0.412. The van der Waals surface area contributed by atoms with Gasteiger partial charge in [-0.05, 0) is 49.2 Å². The first kappa shape index (κ1) is 13.3. The van der Waals surface area contributed by atoms with Gasteiger partial charge >= 0.3 is 0 Å². The van der Waals surface area contributed by atoms with Crippen molar-refractivity contribution >= 4 is 17.3 Å². The number of thiocarbonyl (C=S) groups is 1. The molecule has 1 aliphatic carbocycles. The summed E-state index contributed by atoms with van der Waals surface area (Å²) in [6, 6.07) is 4.66. The average molecular weight is 263 g/mol. The van der Waals surface area contributed by atoms with Crippen LogP contribution >= 0.6 is 12.2 Å². The van der Waals surface area contributed by atoms with E-state index in [1.807, 2.05) is 24.5 Å². The minimum absolute atomic E-state index is 0.583. The largest absolute Gasteiger partial charge is 0.362 e. The van der Waals surface area contributed by atoms with Crippen LogP contribution < -0.4 is 10.6 Å². The molecule has 4 heteroatoms. The van der Waals surface area contributed by atoms with Gasteiger partial charge in [-0.2, -0.15) is 0 Å². The number of nitrogens with one attached hydrogen (secondary N) is 2. The summed E-state index contributed by atoms with van der Waals surface area (Å²) in [6.07, 6.45) is 11.2. The van der Waals surface area contributed by atoms with E-state index in [0.717, 1.165) is 18.1 Å². The van der Waals surface area contributed by atoms with E-state index in [-0.39, 0.29) is 0 Å². The molecule has 3 nitrogen and oxygen atoms in total. The summed E-state index contributed by atoms with van der Waals surface area (Å²) in [5.74, 6) is 0. The third-order valence-electron chi connectivity index (χ3n) is 3.39. The Morgan fingerprint density at radius 3 is 2.67 bits per heavy atom. The number of nitrogens with zero attached hydrogens (tertiary/aromatic N) is 1. The summed E-state index contributed by atoms with van der Waals surface area (Å²) < 4.78 is 0. The van der Waals surface area contributed by atoms with Gasteiger partial charge in [0.05, 0.1) is 0 Å². The normalized spacial score (nSPS) is 16.2. The predicted octanol–water partition coefficient (Wildman–Crippen LogP) is 2.42. The molecular weight excluding hydrogens is 242 g/mol. The van der Waals surface area contributed by atoms with Crippen molar-refractivity contribution in [1.82, 2.24) is 15.6 Å². The van der Waals surface area contributed by atoms with Gasteiger partial charge in [-0.15, -0.1) is 0 Å². The van der Waals surface area contributed by atoms with Gasteiger partial charge in [0.25, 0.3) is 0 Å². The van der Waals surface area contributed by atoms with Crippen LogP contribution in [0.1, 0.15) is 37.7 Å². The van der Waals surface area contributed by atoms with Gasteiger partial charge in [0, 0.05) is 25.0 Å². The topological polar surface area (TPSA) is 37.0 Å². The maximum atomic E-state index is 5.32. The molecule has 1 fully saturated rings. The molecule has 1 aromatic heterocycles. The van der Waals surface area contributed by atoms with Crippen molar-refractivity contribution in [3.8, 4) is 0 Å². The van der Waals surface area contributed by atoms with Crippen molar-refractivity contribution in [2.75, 3.05) is 6.54 Å². The molecule has 1 saturated carbocycles. The molecule has 2 N–H and O–H groups in total. The summed E-state index contributed by atoms with van der Waals surface area (Å²) in [5.41, 5.74) is 1.29. The number of hydrogen-bond acceptors (Lipinski definition) is 2. The lowest BCUT2D eigenvalue weighted by Gasteiger charge is -2.24. The second kappa shape index (κ2) is 7.31. The van der Waals surface area contributed by atoms with Crippen LogP contribution in [0.5, 0.6) is 0 Å². The fourth-order valence-corrected chi connectivity index (χ4v) is 2.62. The summed E-state index contributed by atoms with van der Waals surface area (Å²) in [7, 11) is 0. The van der Waals surface area contributed by atoms with Gasteiger partial charge in [0.1, 0.15) is 0 Å². The Morgan fingerprint density at radius 2 is 1.94 bits per heavy atom. The summed E-state index contributed by atoms with van der Waals surface area (Å²) in [6.45, 7) is 0.878. The zero-order chi connectivity index (χ0) is 12.6. The molecular formula is C14H21N3S. The van der Waals surface area contributed by atoms with E-state index in [0.29, 0.717) is 6.04 Å². The Balaban J connectivity index is 1.62. The van der Waals surface area contributed by atoms with Crippen molar-refractivity contribution < 1.29 is 0 Å². The Kier molecular flexibility index (Phi) is 5.39. The molecule has 0 spiro atoms. The second-order valence-corrected chi connectivity index (χ2v) is 5.25. The van der Waals surface area contributed by atoms with Gasteiger partial charge in [0.2, 0.25) is 0 Å². The highest BCUT2D eigenvalue weighted by Gasteiger charge is 2.13. The maximum Gasteiger partial charge on any atom is 0.166 e. The summed E-state index contributed by atoms with van der Waals surface area (Å²) in [4.78, 5) is 4.01. The van der Waals surface area contributed by atoms with E-state index in [2.05, 4.69) is 15.6 Å². The molecule has 0 unspecified atom stereocenters. The first-order chi connectivity index (χ1) is 8.84. The van der Waals surface area contributed by atoms with Crippen LogP contribution in [0.2, 0.25) is 0 Å². The van der Waals surface area contributed by atoms with Crippen molar-refractivity contribution in [2.24, 2.45) is 0 Å². The van der Waals surface area contributed by atoms with Gasteiger partial charge in [-0.3, -0.25) is 4.98 Å². The van der Waals surface area contributed by atoms with Crippen LogP contribution in [0.25, 0.3) is 0 Å². The fraction of sp³-hybridized carbons (Fsp3) is 0.571. The molecule has 0 aromatic carbocycles. The van der Waals surface area contributed by atoms with Crippen LogP contribution in [0.4, 0.5) is 0 Å². The van der Waals surface area contributed by atoms with Gasteiger partial charge < -0.3 is 10.6 Å². The monoisotopic (exact) mass is 263 g/mol. The first-order valence-electron chi connectivity index (χ1n) is 6.78. The lowest BCUT2D eigenvalue weighted by atomic mass is 9.96. The Labute approximate surface area is 114 Å². The molecule has 98 valence electrons. The van der Waals surface area contributed by atoms with E-state index in [9.17, 15) is 0 Å². The van der Waals surface area contributed by atoms with Crippen LogP contribution in [0, 0.1) is 0 Å². The second-order valence-electron chi connectivity index (χ2n) is 4.84. The standard InChI is InChI=1S/C14H21N3S/c18-14(17-13-4-2-1-3-5-13)16-11-8-12-6-9-15-10-7-12/h6-7,9-10,13H,1-5,8,11H2,(H2,16,17,18). The van der Waals surface area contributed by atoms with Crippen molar-refractivity contribution in [3.05, 3.63) is 30.1 Å². The highest BCUT2D eigenvalue weighted by atomic mass is 32.1. The zero-order valence-electron chi connectivity index (χ0n) is 10.7. The number of aromatic nitrogens is 1. The minimum Gasteiger partial charge on any atom is -0.362 e. The van der Waals surface area contributed by atoms with Crippen LogP contribution in [-0.2, 0) is 6.42 Å². The van der Waals surface area contributed by atoms with Gasteiger partial charge in [-0.1, -0.05) is 19.3 Å². The Morgan fingerprint density at radius 1 is 1.22 bits per heavy atom. The lowest BCUT2D eigenvalue weighted by Crippen LogP contribution is -2.43. The minimum atomic E-state index is 0.583.